The van der Waals surface area contributed by atoms with Crippen molar-refractivity contribution in [1.29, 1.82) is 0 Å². The van der Waals surface area contributed by atoms with Crippen molar-refractivity contribution in [3.05, 3.63) is 0 Å². The normalized spacial score (nSPS) is 14.2. The lowest BCUT2D eigenvalue weighted by atomic mass is 9.57. The summed E-state index contributed by atoms with van der Waals surface area (Å²) in [6, 6.07) is 0. The standard InChI is InChI=1S/C51H96N2O9/c1-9-13-17-21-23-27-30-42(29-25-19-15-11-3)39-51(49(59)60,36-33-44(54)55)47(50(5,6)41-62-46(57)35-38-53(7)8)48(58)52-37-34-45(56)61-40-43(31-26-20-16-12-4)32-28-24-22-18-14-10-2/h42-43,47H,9-41H2,1-8H3,(H,52,58)(H,54,55)(H,59,60)/t42?,43?,47-,51?/m1/s1. The minimum Gasteiger partial charge on any atom is -0.481 e. The number of carboxylic acids is 2. The van der Waals surface area contributed by atoms with Gasteiger partial charge in [-0.3, -0.25) is 24.0 Å². The molecule has 0 radical (unpaired) electrons. The van der Waals surface area contributed by atoms with Crippen LogP contribution in [-0.2, 0) is 33.4 Å². The number of carbonyl (C=O) groups is 5. The van der Waals surface area contributed by atoms with Crippen molar-refractivity contribution in [2.75, 3.05) is 40.4 Å². The van der Waals surface area contributed by atoms with E-state index in [0.717, 1.165) is 103 Å². The third-order valence-corrected chi connectivity index (χ3v) is 12.8. The first kappa shape index (κ1) is 59.3. The Balaban J connectivity index is 6.52. The van der Waals surface area contributed by atoms with E-state index in [4.69, 9.17) is 9.47 Å². The summed E-state index contributed by atoms with van der Waals surface area (Å²) >= 11 is 0. The van der Waals surface area contributed by atoms with E-state index in [0.29, 0.717) is 19.1 Å². The van der Waals surface area contributed by atoms with Crippen molar-refractivity contribution in [2.45, 2.75) is 228 Å². The number of unbranched alkanes of at least 4 members (excludes halogenated alkanes) is 16. The van der Waals surface area contributed by atoms with E-state index >= 15 is 0 Å². The molecule has 0 spiro atoms. The Hall–Kier alpha value is -2.69. The molecule has 4 atom stereocenters. The van der Waals surface area contributed by atoms with Crippen molar-refractivity contribution >= 4 is 29.8 Å². The number of hydrogen-bond acceptors (Lipinski definition) is 8. The number of ether oxygens (including phenoxy) is 2. The summed E-state index contributed by atoms with van der Waals surface area (Å²) in [4.78, 5) is 68.8. The number of carboxylic acid groups (broad SMARTS) is 2. The van der Waals surface area contributed by atoms with Crippen molar-refractivity contribution in [3.8, 4) is 0 Å². The zero-order valence-electron chi connectivity index (χ0n) is 41.3. The molecule has 0 rings (SSSR count). The molecular formula is C51H96N2O9. The molecule has 11 nitrogen and oxygen atoms in total. The van der Waals surface area contributed by atoms with E-state index in [1.54, 1.807) is 13.8 Å². The van der Waals surface area contributed by atoms with E-state index in [1.807, 2.05) is 19.0 Å². The molecule has 0 aliphatic heterocycles. The first-order valence-electron chi connectivity index (χ1n) is 25.3. The number of nitrogens with one attached hydrogen (secondary N) is 1. The largest absolute Gasteiger partial charge is 0.481 e. The zero-order valence-corrected chi connectivity index (χ0v) is 41.3. The van der Waals surface area contributed by atoms with E-state index in [1.165, 1.54) is 51.4 Å². The minimum atomic E-state index is -1.78. The number of amides is 1. The van der Waals surface area contributed by atoms with Gasteiger partial charge in [-0.2, -0.15) is 0 Å². The van der Waals surface area contributed by atoms with Gasteiger partial charge in [0.15, 0.2) is 0 Å². The first-order chi connectivity index (χ1) is 29.6. The van der Waals surface area contributed by atoms with Gasteiger partial charge in [-0.1, -0.05) is 183 Å². The van der Waals surface area contributed by atoms with E-state index < -0.39 is 53.0 Å². The van der Waals surface area contributed by atoms with E-state index in [9.17, 15) is 34.2 Å². The molecule has 62 heavy (non-hydrogen) atoms. The van der Waals surface area contributed by atoms with Crippen LogP contribution in [0.5, 0.6) is 0 Å². The van der Waals surface area contributed by atoms with Crippen LogP contribution in [0, 0.1) is 28.6 Å². The van der Waals surface area contributed by atoms with Gasteiger partial charge in [0.25, 0.3) is 0 Å². The van der Waals surface area contributed by atoms with Crippen LogP contribution in [-0.4, -0.2) is 85.3 Å². The molecule has 0 aromatic heterocycles. The second-order valence-electron chi connectivity index (χ2n) is 19.5. The molecule has 3 unspecified atom stereocenters. The molecule has 0 saturated carbocycles. The van der Waals surface area contributed by atoms with Crippen molar-refractivity contribution < 1.29 is 43.7 Å². The third kappa shape index (κ3) is 28.2. The second kappa shape index (κ2) is 36.6. The fourth-order valence-electron chi connectivity index (χ4n) is 9.10. The van der Waals surface area contributed by atoms with Gasteiger partial charge in [0.1, 0.15) is 0 Å². The van der Waals surface area contributed by atoms with E-state index in [-0.39, 0.29) is 44.8 Å². The molecular weight excluding hydrogens is 785 g/mol. The third-order valence-electron chi connectivity index (χ3n) is 12.8. The lowest BCUT2D eigenvalue weighted by Gasteiger charge is -2.46. The molecule has 0 bridgehead atoms. The number of hydrogen-bond donors (Lipinski definition) is 3. The molecule has 1 amide bonds. The highest BCUT2D eigenvalue weighted by Crippen LogP contribution is 2.50. The molecule has 0 aromatic rings. The van der Waals surface area contributed by atoms with Crippen LogP contribution >= 0.6 is 0 Å². The Morgan fingerprint density at radius 3 is 1.47 bits per heavy atom. The topological polar surface area (TPSA) is 160 Å². The highest BCUT2D eigenvalue weighted by molar-refractivity contribution is 5.88. The Morgan fingerprint density at radius 1 is 0.581 bits per heavy atom. The SMILES string of the molecule is CCCCCCCCC(CCCCCC)COC(=O)CCNC(=O)[C@H](C(C)(C)COC(=O)CCN(C)C)C(CCC(=O)O)(CC(CCCCCC)CCCCCCCC)C(=O)O. The monoisotopic (exact) mass is 881 g/mol. The number of rotatable bonds is 43. The number of aliphatic carboxylic acids is 2. The summed E-state index contributed by atoms with van der Waals surface area (Å²) in [5.41, 5.74) is -2.98. The second-order valence-corrected chi connectivity index (χ2v) is 19.5. The average Bonchev–Trinajstić information content (AvgIpc) is 3.22. The van der Waals surface area contributed by atoms with Crippen molar-refractivity contribution in [3.63, 3.8) is 0 Å². The fourth-order valence-corrected chi connectivity index (χ4v) is 9.10. The Labute approximate surface area is 379 Å². The summed E-state index contributed by atoms with van der Waals surface area (Å²) in [6.45, 7) is 12.7. The summed E-state index contributed by atoms with van der Waals surface area (Å²) in [5.74, 6) is -4.84. The lowest BCUT2D eigenvalue weighted by molar-refractivity contribution is -0.170. The predicted octanol–water partition coefficient (Wildman–Crippen LogP) is 12.2. The maximum atomic E-state index is 14.7. The Kier molecular flexibility index (Phi) is 35.0. The van der Waals surface area contributed by atoms with Gasteiger partial charge in [0.05, 0.1) is 37.4 Å². The van der Waals surface area contributed by atoms with Gasteiger partial charge >= 0.3 is 23.9 Å². The first-order valence-corrected chi connectivity index (χ1v) is 25.3. The highest BCUT2D eigenvalue weighted by atomic mass is 16.5. The van der Waals surface area contributed by atoms with Gasteiger partial charge in [-0.05, 0) is 51.6 Å². The van der Waals surface area contributed by atoms with Gasteiger partial charge in [0.2, 0.25) is 5.91 Å². The molecule has 3 N–H and O–H groups in total. The molecule has 0 fully saturated rings. The molecule has 11 heteroatoms. The predicted molar refractivity (Wildman–Crippen MR) is 252 cm³/mol. The van der Waals surface area contributed by atoms with Crippen molar-refractivity contribution in [2.24, 2.45) is 28.6 Å². The van der Waals surface area contributed by atoms with Crippen LogP contribution in [0.15, 0.2) is 0 Å². The molecule has 364 valence electrons. The van der Waals surface area contributed by atoms with Crippen molar-refractivity contribution in [1.82, 2.24) is 10.2 Å². The Morgan fingerprint density at radius 2 is 1.02 bits per heavy atom. The average molecular weight is 881 g/mol. The van der Waals surface area contributed by atoms with Gasteiger partial charge in [0, 0.05) is 24.9 Å². The summed E-state index contributed by atoms with van der Waals surface area (Å²) in [7, 11) is 3.70. The molecule has 0 aliphatic carbocycles. The maximum absolute atomic E-state index is 14.7. The molecule has 0 heterocycles. The smallest absolute Gasteiger partial charge is 0.310 e. The molecule has 0 aliphatic rings. The van der Waals surface area contributed by atoms with Gasteiger partial charge in [-0.15, -0.1) is 0 Å². The lowest BCUT2D eigenvalue weighted by Crippen LogP contribution is -2.55. The summed E-state index contributed by atoms with van der Waals surface area (Å²) < 4.78 is 11.6. The van der Waals surface area contributed by atoms with Crippen LogP contribution in [0.4, 0.5) is 0 Å². The minimum absolute atomic E-state index is 0.0436. The van der Waals surface area contributed by atoms with E-state index in [2.05, 4.69) is 33.0 Å². The van der Waals surface area contributed by atoms with Crippen LogP contribution in [0.1, 0.15) is 228 Å². The van der Waals surface area contributed by atoms with Gasteiger partial charge < -0.3 is 29.9 Å². The van der Waals surface area contributed by atoms with Crippen LogP contribution in [0.3, 0.4) is 0 Å². The fraction of sp³-hybridized carbons (Fsp3) is 0.902. The Bertz CT molecular complexity index is 1190. The molecule has 0 saturated heterocycles. The molecule has 0 aromatic carbocycles. The summed E-state index contributed by atoms with van der Waals surface area (Å²) in [5, 5.41) is 24.2. The highest BCUT2D eigenvalue weighted by Gasteiger charge is 2.56. The van der Waals surface area contributed by atoms with Crippen LogP contribution in [0.25, 0.3) is 0 Å². The quantitative estimate of drug-likeness (QED) is 0.0397. The zero-order chi connectivity index (χ0) is 46.7. The maximum Gasteiger partial charge on any atom is 0.310 e. The van der Waals surface area contributed by atoms with Crippen LogP contribution < -0.4 is 5.32 Å². The van der Waals surface area contributed by atoms with Gasteiger partial charge in [-0.25, -0.2) is 0 Å². The van der Waals surface area contributed by atoms with Crippen LogP contribution in [0.2, 0.25) is 0 Å². The number of carbonyl (C=O) groups excluding carboxylic acids is 3. The number of esters is 2. The number of nitrogens with zero attached hydrogens (tertiary/aromatic N) is 1. The summed E-state index contributed by atoms with van der Waals surface area (Å²) in [6.07, 6.45) is 25.6.